The monoisotopic (exact) mass is 266 g/mol. The van der Waals surface area contributed by atoms with Crippen LogP contribution in [0.1, 0.15) is 13.3 Å². The summed E-state index contributed by atoms with van der Waals surface area (Å²) >= 11 is 13.2. The van der Waals surface area contributed by atoms with Gasteiger partial charge in [-0.25, -0.2) is 4.68 Å². The lowest BCUT2D eigenvalue weighted by Gasteiger charge is -2.04. The number of thioether (sulfide) groups is 1. The summed E-state index contributed by atoms with van der Waals surface area (Å²) in [6.45, 7) is 2.69. The van der Waals surface area contributed by atoms with Crippen LogP contribution in [-0.2, 0) is 6.54 Å². The average Bonchev–Trinajstić information content (AvgIpc) is 2.24. The molecule has 0 saturated heterocycles. The van der Waals surface area contributed by atoms with Crippen molar-refractivity contribution in [1.29, 1.82) is 0 Å². The maximum atomic E-state index is 11.5. The molecule has 1 rings (SSSR count). The molecule has 3 nitrogen and oxygen atoms in total. The highest BCUT2D eigenvalue weighted by Gasteiger charge is 2.06. The molecule has 0 N–H and O–H groups in total. The highest BCUT2D eigenvalue weighted by molar-refractivity contribution is 7.99. The summed E-state index contributed by atoms with van der Waals surface area (Å²) in [5.41, 5.74) is -0.314. The summed E-state index contributed by atoms with van der Waals surface area (Å²) in [6, 6.07) is 0. The number of hydrogen-bond donors (Lipinski definition) is 0. The van der Waals surface area contributed by atoms with Gasteiger partial charge in [-0.3, -0.25) is 4.79 Å². The number of nitrogens with zero attached hydrogens (tertiary/aromatic N) is 2. The summed E-state index contributed by atoms with van der Waals surface area (Å²) in [6.07, 6.45) is 2.31. The fraction of sp³-hybridized carbons (Fsp3) is 0.556. The zero-order valence-corrected chi connectivity index (χ0v) is 10.7. The molecule has 0 fully saturated rings. The Balaban J connectivity index is 2.63. The van der Waals surface area contributed by atoms with E-state index >= 15 is 0 Å². The van der Waals surface area contributed by atoms with Crippen LogP contribution in [-0.4, -0.2) is 21.3 Å². The van der Waals surface area contributed by atoms with E-state index in [4.69, 9.17) is 23.2 Å². The van der Waals surface area contributed by atoms with Crippen LogP contribution in [0, 0.1) is 0 Å². The molecule has 15 heavy (non-hydrogen) atoms. The van der Waals surface area contributed by atoms with E-state index in [0.29, 0.717) is 6.54 Å². The van der Waals surface area contributed by atoms with Gasteiger partial charge in [0.05, 0.1) is 11.2 Å². The summed E-state index contributed by atoms with van der Waals surface area (Å²) in [7, 11) is 0. The van der Waals surface area contributed by atoms with Crippen LogP contribution in [0.5, 0.6) is 0 Å². The van der Waals surface area contributed by atoms with Crippen LogP contribution < -0.4 is 5.56 Å². The quantitative estimate of drug-likeness (QED) is 0.769. The van der Waals surface area contributed by atoms with Crippen LogP contribution in [0.15, 0.2) is 11.0 Å². The predicted molar refractivity (Wildman–Crippen MR) is 66.1 cm³/mol. The van der Waals surface area contributed by atoms with E-state index in [1.807, 2.05) is 11.8 Å². The molecule has 6 heteroatoms. The summed E-state index contributed by atoms with van der Waals surface area (Å²) in [5, 5.41) is 4.17. The molecule has 0 aliphatic heterocycles. The van der Waals surface area contributed by atoms with Crippen molar-refractivity contribution < 1.29 is 0 Å². The Morgan fingerprint density at radius 3 is 2.93 bits per heavy atom. The molecule has 0 saturated carbocycles. The zero-order valence-electron chi connectivity index (χ0n) is 8.37. The van der Waals surface area contributed by atoms with Gasteiger partial charge in [0.15, 0.2) is 0 Å². The van der Waals surface area contributed by atoms with E-state index in [2.05, 4.69) is 12.0 Å². The van der Waals surface area contributed by atoms with Gasteiger partial charge in [0.25, 0.3) is 5.56 Å². The van der Waals surface area contributed by atoms with Gasteiger partial charge in [0.1, 0.15) is 5.02 Å². The van der Waals surface area contributed by atoms with Crippen molar-refractivity contribution in [2.24, 2.45) is 0 Å². The van der Waals surface area contributed by atoms with Crippen molar-refractivity contribution in [3.63, 3.8) is 0 Å². The van der Waals surface area contributed by atoms with Gasteiger partial charge in [0, 0.05) is 6.54 Å². The fourth-order valence-corrected chi connectivity index (χ4v) is 1.96. The summed E-state index contributed by atoms with van der Waals surface area (Å²) < 4.78 is 1.35. The third-order valence-corrected chi connectivity index (χ3v) is 3.54. The molecule has 1 aromatic heterocycles. The standard InChI is InChI=1S/C9H12Cl2N2OS/c1-2-15-5-3-4-13-9(14)8(11)7(10)6-12-13/h6H,2-5H2,1H3. The molecule has 1 aromatic rings. The summed E-state index contributed by atoms with van der Waals surface area (Å²) in [4.78, 5) is 11.5. The van der Waals surface area contributed by atoms with Crippen molar-refractivity contribution in [2.75, 3.05) is 11.5 Å². The van der Waals surface area contributed by atoms with Gasteiger partial charge in [-0.1, -0.05) is 30.1 Å². The molecule has 0 amide bonds. The second-order valence-electron chi connectivity index (χ2n) is 2.89. The van der Waals surface area contributed by atoms with Crippen LogP contribution in [0.3, 0.4) is 0 Å². The first-order chi connectivity index (χ1) is 7.16. The topological polar surface area (TPSA) is 34.9 Å². The van der Waals surface area contributed by atoms with E-state index in [9.17, 15) is 4.79 Å². The first-order valence-corrected chi connectivity index (χ1v) is 6.56. The van der Waals surface area contributed by atoms with Gasteiger partial charge in [-0.2, -0.15) is 16.9 Å². The Bertz CT molecular complexity index is 381. The van der Waals surface area contributed by atoms with E-state index < -0.39 is 0 Å². The first-order valence-electron chi connectivity index (χ1n) is 4.65. The first kappa shape index (κ1) is 12.9. The molecule has 0 unspecified atom stereocenters. The normalized spacial score (nSPS) is 10.6. The highest BCUT2D eigenvalue weighted by atomic mass is 35.5. The van der Waals surface area contributed by atoms with Crippen molar-refractivity contribution in [3.8, 4) is 0 Å². The molecule has 0 radical (unpaired) electrons. The van der Waals surface area contributed by atoms with Crippen LogP contribution in [0.25, 0.3) is 0 Å². The maximum absolute atomic E-state index is 11.5. The SMILES string of the molecule is CCSCCCn1ncc(Cl)c(Cl)c1=O. The van der Waals surface area contributed by atoms with E-state index in [0.717, 1.165) is 17.9 Å². The highest BCUT2D eigenvalue weighted by Crippen LogP contribution is 2.14. The molecular weight excluding hydrogens is 255 g/mol. The number of rotatable bonds is 5. The Hall–Kier alpha value is -0.190. The number of aromatic nitrogens is 2. The van der Waals surface area contributed by atoms with Gasteiger partial charge in [-0.05, 0) is 17.9 Å². The zero-order chi connectivity index (χ0) is 11.3. The number of halogens is 2. The third-order valence-electron chi connectivity index (χ3n) is 1.81. The molecular formula is C9H12Cl2N2OS. The van der Waals surface area contributed by atoms with Gasteiger partial charge in [-0.15, -0.1) is 0 Å². The molecule has 1 heterocycles. The maximum Gasteiger partial charge on any atom is 0.287 e. The molecule has 0 aromatic carbocycles. The Morgan fingerprint density at radius 1 is 1.53 bits per heavy atom. The molecule has 0 atom stereocenters. The lowest BCUT2D eigenvalue weighted by atomic mass is 10.4. The van der Waals surface area contributed by atoms with E-state index in [-0.39, 0.29) is 15.6 Å². The molecule has 0 bridgehead atoms. The Labute approximate surface area is 103 Å². The smallest absolute Gasteiger partial charge is 0.266 e. The Morgan fingerprint density at radius 2 is 2.27 bits per heavy atom. The average molecular weight is 267 g/mol. The molecule has 0 aliphatic carbocycles. The Kier molecular flexibility index (Phi) is 5.50. The van der Waals surface area contributed by atoms with Gasteiger partial charge >= 0.3 is 0 Å². The molecule has 84 valence electrons. The second-order valence-corrected chi connectivity index (χ2v) is 5.06. The van der Waals surface area contributed by atoms with Crippen LogP contribution in [0.4, 0.5) is 0 Å². The minimum atomic E-state index is -0.314. The van der Waals surface area contributed by atoms with Crippen molar-refractivity contribution in [1.82, 2.24) is 9.78 Å². The lowest BCUT2D eigenvalue weighted by Crippen LogP contribution is -2.23. The fourth-order valence-electron chi connectivity index (χ4n) is 1.06. The minimum Gasteiger partial charge on any atom is -0.266 e. The summed E-state index contributed by atoms with van der Waals surface area (Å²) in [5.74, 6) is 2.11. The van der Waals surface area contributed by atoms with Gasteiger partial charge < -0.3 is 0 Å². The molecule has 0 spiro atoms. The van der Waals surface area contributed by atoms with E-state index in [1.165, 1.54) is 10.9 Å². The number of hydrogen-bond acceptors (Lipinski definition) is 3. The van der Waals surface area contributed by atoms with Crippen LogP contribution in [0.2, 0.25) is 10.0 Å². The second kappa shape index (κ2) is 6.40. The van der Waals surface area contributed by atoms with E-state index in [1.54, 1.807) is 0 Å². The van der Waals surface area contributed by atoms with Crippen LogP contribution >= 0.6 is 35.0 Å². The van der Waals surface area contributed by atoms with Crippen molar-refractivity contribution >= 4 is 35.0 Å². The van der Waals surface area contributed by atoms with Crippen molar-refractivity contribution in [2.45, 2.75) is 19.9 Å². The minimum absolute atomic E-state index is 0.0508. The molecule has 0 aliphatic rings. The number of aryl methyl sites for hydroxylation is 1. The van der Waals surface area contributed by atoms with Crippen molar-refractivity contribution in [3.05, 3.63) is 26.6 Å². The largest absolute Gasteiger partial charge is 0.287 e. The third kappa shape index (κ3) is 3.70. The predicted octanol–water partition coefficient (Wildman–Crippen LogP) is 2.69. The van der Waals surface area contributed by atoms with Gasteiger partial charge in [0.2, 0.25) is 0 Å². The lowest BCUT2D eigenvalue weighted by molar-refractivity contribution is 0.571.